The van der Waals surface area contributed by atoms with Crippen LogP contribution in [0.25, 0.3) is 11.0 Å². The number of aromatic nitrogens is 4. The summed E-state index contributed by atoms with van der Waals surface area (Å²) in [7, 11) is 1.82. The lowest BCUT2D eigenvalue weighted by Crippen LogP contribution is -2.08. The second kappa shape index (κ2) is 9.23. The van der Waals surface area contributed by atoms with Gasteiger partial charge < -0.3 is 15.8 Å². The monoisotopic (exact) mass is 446 g/mol. The molecule has 150 valence electrons. The summed E-state index contributed by atoms with van der Waals surface area (Å²) < 4.78 is 8.36. The SMILES string of the molecule is CCCCCCOc1cc(C)ccc1CNc1nc(N)c2c(n1)c(Br)nn2C. The maximum atomic E-state index is 6.10. The van der Waals surface area contributed by atoms with Crippen molar-refractivity contribution in [2.24, 2.45) is 7.05 Å². The van der Waals surface area contributed by atoms with Gasteiger partial charge in [0.2, 0.25) is 5.95 Å². The van der Waals surface area contributed by atoms with Gasteiger partial charge in [-0.3, -0.25) is 4.68 Å². The number of halogens is 1. The fourth-order valence-electron chi connectivity index (χ4n) is 3.07. The van der Waals surface area contributed by atoms with Gasteiger partial charge in [-0.25, -0.2) is 4.98 Å². The van der Waals surface area contributed by atoms with Crippen molar-refractivity contribution >= 4 is 38.7 Å². The number of nitrogens with one attached hydrogen (secondary N) is 1. The van der Waals surface area contributed by atoms with E-state index in [1.807, 2.05) is 7.05 Å². The van der Waals surface area contributed by atoms with E-state index < -0.39 is 0 Å². The Morgan fingerprint density at radius 1 is 1.21 bits per heavy atom. The maximum Gasteiger partial charge on any atom is 0.225 e. The van der Waals surface area contributed by atoms with Crippen LogP contribution in [0.3, 0.4) is 0 Å². The van der Waals surface area contributed by atoms with Crippen molar-refractivity contribution in [3.05, 3.63) is 33.9 Å². The van der Waals surface area contributed by atoms with Crippen molar-refractivity contribution in [1.82, 2.24) is 19.7 Å². The first-order valence-corrected chi connectivity index (χ1v) is 10.4. The second-order valence-corrected chi connectivity index (χ2v) is 7.67. The molecule has 0 aliphatic carbocycles. The molecule has 0 atom stereocenters. The Hall–Kier alpha value is -2.35. The van der Waals surface area contributed by atoms with Crippen LogP contribution in [0.5, 0.6) is 5.75 Å². The smallest absolute Gasteiger partial charge is 0.225 e. The lowest BCUT2D eigenvalue weighted by atomic mass is 10.1. The van der Waals surface area contributed by atoms with Crippen LogP contribution in [-0.2, 0) is 13.6 Å². The summed E-state index contributed by atoms with van der Waals surface area (Å²) in [5.41, 5.74) is 9.74. The number of ether oxygens (including phenoxy) is 1. The molecule has 0 fully saturated rings. The molecule has 0 spiro atoms. The third-order valence-corrected chi connectivity index (χ3v) is 5.12. The molecule has 3 N–H and O–H groups in total. The number of rotatable bonds is 9. The minimum Gasteiger partial charge on any atom is -0.493 e. The summed E-state index contributed by atoms with van der Waals surface area (Å²) in [5, 5.41) is 7.55. The van der Waals surface area contributed by atoms with Gasteiger partial charge in [-0.2, -0.15) is 10.1 Å². The summed E-state index contributed by atoms with van der Waals surface area (Å²) in [5.74, 6) is 1.76. The second-order valence-electron chi connectivity index (χ2n) is 6.92. The third-order valence-electron chi connectivity index (χ3n) is 4.58. The number of unbranched alkanes of at least 4 members (excludes halogenated alkanes) is 3. The molecule has 0 saturated heterocycles. The van der Waals surface area contributed by atoms with E-state index in [1.165, 1.54) is 24.8 Å². The molecule has 1 aromatic carbocycles. The molecule has 0 aliphatic rings. The number of benzene rings is 1. The molecule has 0 saturated carbocycles. The minimum absolute atomic E-state index is 0.393. The van der Waals surface area contributed by atoms with E-state index in [2.05, 4.69) is 68.4 Å². The Morgan fingerprint density at radius 2 is 2.04 bits per heavy atom. The number of nitrogen functional groups attached to an aromatic ring is 1. The topological polar surface area (TPSA) is 90.9 Å². The molecule has 2 aromatic heterocycles. The zero-order valence-electron chi connectivity index (χ0n) is 16.6. The van der Waals surface area contributed by atoms with Gasteiger partial charge in [0.25, 0.3) is 0 Å². The Kier molecular flexibility index (Phi) is 6.72. The molecule has 3 aromatic rings. The van der Waals surface area contributed by atoms with Crippen molar-refractivity contribution in [2.45, 2.75) is 46.1 Å². The minimum atomic E-state index is 0.393. The van der Waals surface area contributed by atoms with E-state index >= 15 is 0 Å². The Morgan fingerprint density at radius 3 is 2.82 bits per heavy atom. The first kappa shape index (κ1) is 20.4. The van der Waals surface area contributed by atoms with Gasteiger partial charge >= 0.3 is 0 Å². The normalized spacial score (nSPS) is 11.1. The van der Waals surface area contributed by atoms with Crippen molar-refractivity contribution in [3.63, 3.8) is 0 Å². The van der Waals surface area contributed by atoms with Crippen LogP contribution >= 0.6 is 15.9 Å². The van der Waals surface area contributed by atoms with Crippen LogP contribution < -0.4 is 15.8 Å². The average Bonchev–Trinajstić information content (AvgIpc) is 2.95. The standard InChI is InChI=1S/C20H27BrN6O/c1-4-5-6-7-10-28-15-11-13(2)8-9-14(15)12-23-20-24-16-17(19(22)25-20)27(3)26-18(16)21/h8-9,11H,4-7,10,12H2,1-3H3,(H3,22,23,24,25). The van der Waals surface area contributed by atoms with Crippen molar-refractivity contribution in [3.8, 4) is 5.75 Å². The van der Waals surface area contributed by atoms with E-state index in [0.717, 1.165) is 24.3 Å². The van der Waals surface area contributed by atoms with E-state index in [0.29, 0.717) is 33.9 Å². The van der Waals surface area contributed by atoms with Gasteiger partial charge in [0.05, 0.1) is 6.61 Å². The van der Waals surface area contributed by atoms with E-state index in [4.69, 9.17) is 10.5 Å². The molecule has 7 nitrogen and oxygen atoms in total. The van der Waals surface area contributed by atoms with E-state index in [1.54, 1.807) is 4.68 Å². The highest BCUT2D eigenvalue weighted by atomic mass is 79.9. The largest absolute Gasteiger partial charge is 0.493 e. The zero-order valence-corrected chi connectivity index (χ0v) is 18.2. The van der Waals surface area contributed by atoms with Gasteiger partial charge in [0, 0.05) is 19.2 Å². The number of aryl methyl sites for hydroxylation is 2. The van der Waals surface area contributed by atoms with Gasteiger partial charge in [0.15, 0.2) is 10.4 Å². The maximum absolute atomic E-state index is 6.10. The highest BCUT2D eigenvalue weighted by molar-refractivity contribution is 9.10. The van der Waals surface area contributed by atoms with Crippen molar-refractivity contribution in [1.29, 1.82) is 0 Å². The van der Waals surface area contributed by atoms with Crippen molar-refractivity contribution < 1.29 is 4.74 Å². The molecule has 0 bridgehead atoms. The lowest BCUT2D eigenvalue weighted by molar-refractivity contribution is 0.302. The van der Waals surface area contributed by atoms with E-state index in [-0.39, 0.29) is 0 Å². The number of hydrogen-bond acceptors (Lipinski definition) is 6. The lowest BCUT2D eigenvalue weighted by Gasteiger charge is -2.13. The first-order chi connectivity index (χ1) is 13.5. The Labute approximate surface area is 173 Å². The predicted molar refractivity (Wildman–Crippen MR) is 117 cm³/mol. The zero-order chi connectivity index (χ0) is 20.1. The molecule has 3 rings (SSSR count). The molecular weight excluding hydrogens is 420 g/mol. The molecule has 0 radical (unpaired) electrons. The molecule has 0 aliphatic heterocycles. The molecular formula is C20H27BrN6O. The van der Waals surface area contributed by atoms with Crippen LogP contribution in [0.15, 0.2) is 22.8 Å². The van der Waals surface area contributed by atoms with Crippen LogP contribution in [-0.4, -0.2) is 26.4 Å². The highest BCUT2D eigenvalue weighted by Gasteiger charge is 2.14. The summed E-state index contributed by atoms with van der Waals surface area (Å²) in [4.78, 5) is 8.91. The predicted octanol–water partition coefficient (Wildman–Crippen LogP) is 4.59. The third kappa shape index (κ3) is 4.73. The van der Waals surface area contributed by atoms with E-state index in [9.17, 15) is 0 Å². The van der Waals surface area contributed by atoms with Crippen LogP contribution in [0.1, 0.15) is 43.7 Å². The van der Waals surface area contributed by atoms with Gasteiger partial charge in [-0.05, 0) is 40.9 Å². The number of nitrogens with zero attached hydrogens (tertiary/aromatic N) is 4. The summed E-state index contributed by atoms with van der Waals surface area (Å²) in [6, 6.07) is 6.23. The fourth-order valence-corrected chi connectivity index (χ4v) is 3.58. The van der Waals surface area contributed by atoms with Gasteiger partial charge in [0.1, 0.15) is 16.8 Å². The number of anilines is 2. The Balaban J connectivity index is 1.72. The van der Waals surface area contributed by atoms with Crippen LogP contribution in [0, 0.1) is 6.92 Å². The number of fused-ring (bicyclic) bond motifs is 1. The Bertz CT molecular complexity index is 956. The molecule has 0 amide bonds. The molecule has 2 heterocycles. The van der Waals surface area contributed by atoms with Crippen LogP contribution in [0.4, 0.5) is 11.8 Å². The highest BCUT2D eigenvalue weighted by Crippen LogP contribution is 2.26. The van der Waals surface area contributed by atoms with Gasteiger partial charge in [-0.15, -0.1) is 0 Å². The fraction of sp³-hybridized carbons (Fsp3) is 0.450. The average molecular weight is 447 g/mol. The first-order valence-electron chi connectivity index (χ1n) is 9.61. The summed E-state index contributed by atoms with van der Waals surface area (Å²) in [6.45, 7) is 5.56. The van der Waals surface area contributed by atoms with Gasteiger partial charge in [-0.1, -0.05) is 38.3 Å². The molecule has 8 heteroatoms. The quantitative estimate of drug-likeness (QED) is 0.467. The number of hydrogen-bond donors (Lipinski definition) is 2. The molecule has 0 unspecified atom stereocenters. The van der Waals surface area contributed by atoms with Crippen LogP contribution in [0.2, 0.25) is 0 Å². The molecule has 28 heavy (non-hydrogen) atoms. The summed E-state index contributed by atoms with van der Waals surface area (Å²) >= 11 is 3.42. The van der Waals surface area contributed by atoms with Crippen molar-refractivity contribution in [2.75, 3.05) is 17.7 Å². The number of nitrogens with two attached hydrogens (primary N) is 1. The summed E-state index contributed by atoms with van der Waals surface area (Å²) in [6.07, 6.45) is 4.74.